The first-order chi connectivity index (χ1) is 11.0. The Labute approximate surface area is 137 Å². The maximum atomic E-state index is 2.32. The fourth-order valence-electron chi connectivity index (χ4n) is 4.10. The third-order valence-corrected chi connectivity index (χ3v) is 4.92. The summed E-state index contributed by atoms with van der Waals surface area (Å²) >= 11 is 0. The number of hydrogen-bond donors (Lipinski definition) is 0. The van der Waals surface area contributed by atoms with Gasteiger partial charge in [0.05, 0.1) is 0 Å². The van der Waals surface area contributed by atoms with Crippen LogP contribution in [-0.2, 0) is 5.41 Å². The Kier molecular flexibility index (Phi) is 2.99. The quantitative estimate of drug-likeness (QED) is 0.315. The summed E-state index contributed by atoms with van der Waals surface area (Å²) in [5, 5.41) is 8.20. The predicted molar refractivity (Wildman–Crippen MR) is 102 cm³/mol. The molecule has 4 aromatic rings. The Morgan fingerprint density at radius 2 is 1.22 bits per heavy atom. The molecule has 23 heavy (non-hydrogen) atoms. The van der Waals surface area contributed by atoms with E-state index in [2.05, 4.69) is 88.4 Å². The fraction of sp³-hybridized carbons (Fsp3) is 0.217. The van der Waals surface area contributed by atoms with Gasteiger partial charge < -0.3 is 0 Å². The minimum Gasteiger partial charge on any atom is -0.0616 e. The van der Waals surface area contributed by atoms with Crippen molar-refractivity contribution >= 4 is 32.3 Å². The minimum atomic E-state index is 0.120. The van der Waals surface area contributed by atoms with E-state index < -0.39 is 0 Å². The molecule has 114 valence electrons. The second-order valence-corrected chi connectivity index (χ2v) is 7.50. The molecule has 4 rings (SSSR count). The normalized spacial score (nSPS) is 12.3. The monoisotopic (exact) mass is 298 g/mol. The molecule has 0 atom stereocenters. The summed E-state index contributed by atoms with van der Waals surface area (Å²) in [4.78, 5) is 0. The van der Waals surface area contributed by atoms with Crippen molar-refractivity contribution in [3.8, 4) is 0 Å². The first kappa shape index (κ1) is 14.3. The van der Waals surface area contributed by atoms with E-state index in [1.54, 1.807) is 0 Å². The zero-order valence-corrected chi connectivity index (χ0v) is 14.3. The van der Waals surface area contributed by atoms with Crippen LogP contribution >= 0.6 is 0 Å². The number of rotatable bonds is 0. The highest BCUT2D eigenvalue weighted by Crippen LogP contribution is 2.41. The van der Waals surface area contributed by atoms with E-state index in [0.717, 1.165) is 0 Å². The summed E-state index contributed by atoms with van der Waals surface area (Å²) in [6.45, 7) is 9.23. The second-order valence-electron chi connectivity index (χ2n) is 7.50. The van der Waals surface area contributed by atoms with Gasteiger partial charge >= 0.3 is 0 Å². The Morgan fingerprint density at radius 3 is 1.91 bits per heavy atom. The maximum Gasteiger partial charge on any atom is -0.00236 e. The van der Waals surface area contributed by atoms with Gasteiger partial charge in [-0.15, -0.1) is 0 Å². The minimum absolute atomic E-state index is 0.120. The zero-order chi connectivity index (χ0) is 16.2. The fourth-order valence-corrected chi connectivity index (χ4v) is 4.10. The van der Waals surface area contributed by atoms with Gasteiger partial charge in [0, 0.05) is 0 Å². The number of fused-ring (bicyclic) bond motifs is 5. The molecule has 0 radical (unpaired) electrons. The lowest BCUT2D eigenvalue weighted by molar-refractivity contribution is 0.593. The molecule has 0 N–H and O–H groups in total. The maximum absolute atomic E-state index is 2.32. The van der Waals surface area contributed by atoms with Gasteiger partial charge in [0.2, 0.25) is 0 Å². The van der Waals surface area contributed by atoms with Crippen LogP contribution in [0.15, 0.2) is 60.7 Å². The molecule has 0 aliphatic rings. The molecule has 0 aliphatic carbocycles. The smallest absolute Gasteiger partial charge is 0.00236 e. The molecular formula is C23H22. The van der Waals surface area contributed by atoms with E-state index in [1.165, 1.54) is 43.4 Å². The van der Waals surface area contributed by atoms with Crippen LogP contribution in [-0.4, -0.2) is 0 Å². The summed E-state index contributed by atoms with van der Waals surface area (Å²) in [5.41, 5.74) is 3.00. The van der Waals surface area contributed by atoms with Gasteiger partial charge in [0.1, 0.15) is 0 Å². The van der Waals surface area contributed by atoms with E-state index in [9.17, 15) is 0 Å². The number of aryl methyl sites for hydroxylation is 1. The molecule has 0 spiro atoms. The van der Waals surface area contributed by atoms with E-state index in [4.69, 9.17) is 0 Å². The van der Waals surface area contributed by atoms with E-state index in [-0.39, 0.29) is 5.41 Å². The Morgan fingerprint density at radius 1 is 0.609 bits per heavy atom. The molecule has 0 saturated carbocycles. The van der Waals surface area contributed by atoms with Crippen LogP contribution in [0.4, 0.5) is 0 Å². The SMILES string of the molecule is Cc1c(C(C)(C)C)c2ccc3ccccc3c2c2ccccc12. The highest BCUT2D eigenvalue weighted by Gasteiger charge is 2.22. The van der Waals surface area contributed by atoms with Gasteiger partial charge in [-0.1, -0.05) is 81.4 Å². The zero-order valence-electron chi connectivity index (χ0n) is 14.3. The molecule has 0 bridgehead atoms. The molecule has 0 nitrogen and oxygen atoms in total. The van der Waals surface area contributed by atoms with Crippen molar-refractivity contribution in [1.29, 1.82) is 0 Å². The average Bonchev–Trinajstić information content (AvgIpc) is 2.53. The van der Waals surface area contributed by atoms with Gasteiger partial charge in [0.15, 0.2) is 0 Å². The molecule has 0 unspecified atom stereocenters. The molecule has 0 aromatic heterocycles. The lowest BCUT2D eigenvalue weighted by Gasteiger charge is -2.26. The van der Waals surface area contributed by atoms with Crippen LogP contribution in [0.2, 0.25) is 0 Å². The molecule has 0 fully saturated rings. The highest BCUT2D eigenvalue weighted by atomic mass is 14.3. The van der Waals surface area contributed by atoms with Crippen LogP contribution in [0.25, 0.3) is 32.3 Å². The molecule has 0 amide bonds. The van der Waals surface area contributed by atoms with E-state index in [0.29, 0.717) is 0 Å². The van der Waals surface area contributed by atoms with Crippen molar-refractivity contribution in [2.75, 3.05) is 0 Å². The van der Waals surface area contributed by atoms with Gasteiger partial charge in [-0.05, 0) is 55.8 Å². The topological polar surface area (TPSA) is 0 Å². The van der Waals surface area contributed by atoms with Gasteiger partial charge in [-0.2, -0.15) is 0 Å². The Hall–Kier alpha value is -2.34. The number of hydrogen-bond acceptors (Lipinski definition) is 0. The molecule has 4 aromatic carbocycles. The molecule has 0 heteroatoms. The summed E-state index contributed by atoms with van der Waals surface area (Å²) in [5.74, 6) is 0. The highest BCUT2D eigenvalue weighted by molar-refractivity contribution is 6.22. The predicted octanol–water partition coefficient (Wildman–Crippen LogP) is 6.75. The Balaban J connectivity index is 2.39. The average molecular weight is 298 g/mol. The van der Waals surface area contributed by atoms with Crippen LogP contribution in [0.5, 0.6) is 0 Å². The van der Waals surface area contributed by atoms with Crippen LogP contribution in [0.3, 0.4) is 0 Å². The molecule has 0 saturated heterocycles. The second kappa shape index (κ2) is 4.83. The van der Waals surface area contributed by atoms with E-state index in [1.807, 2.05) is 0 Å². The third kappa shape index (κ3) is 2.05. The van der Waals surface area contributed by atoms with Crippen LogP contribution < -0.4 is 0 Å². The third-order valence-electron chi connectivity index (χ3n) is 4.92. The summed E-state index contributed by atoms with van der Waals surface area (Å²) in [6, 6.07) is 22.1. The largest absolute Gasteiger partial charge is 0.0616 e. The lowest BCUT2D eigenvalue weighted by Crippen LogP contribution is -2.14. The van der Waals surface area contributed by atoms with Crippen molar-refractivity contribution in [3.05, 3.63) is 71.8 Å². The van der Waals surface area contributed by atoms with Crippen molar-refractivity contribution < 1.29 is 0 Å². The molecule has 0 heterocycles. The van der Waals surface area contributed by atoms with Crippen molar-refractivity contribution in [1.82, 2.24) is 0 Å². The summed E-state index contributed by atoms with van der Waals surface area (Å²) < 4.78 is 0. The molecular weight excluding hydrogens is 276 g/mol. The van der Waals surface area contributed by atoms with Gasteiger partial charge in [-0.3, -0.25) is 0 Å². The first-order valence-corrected chi connectivity index (χ1v) is 8.32. The number of benzene rings is 4. The van der Waals surface area contributed by atoms with Crippen molar-refractivity contribution in [2.45, 2.75) is 33.1 Å². The van der Waals surface area contributed by atoms with Crippen molar-refractivity contribution in [3.63, 3.8) is 0 Å². The lowest BCUT2D eigenvalue weighted by atomic mass is 9.78. The van der Waals surface area contributed by atoms with Crippen molar-refractivity contribution in [2.24, 2.45) is 0 Å². The molecule has 0 aliphatic heterocycles. The summed E-state index contributed by atoms with van der Waals surface area (Å²) in [7, 11) is 0. The standard InChI is InChI=1S/C23H22/c1-15-17-10-7-8-12-19(17)21-18-11-6-5-9-16(18)13-14-20(21)22(15)23(2,3)4/h5-14H,1-4H3. The van der Waals surface area contributed by atoms with Crippen LogP contribution in [0.1, 0.15) is 31.9 Å². The first-order valence-electron chi connectivity index (χ1n) is 8.32. The van der Waals surface area contributed by atoms with E-state index >= 15 is 0 Å². The van der Waals surface area contributed by atoms with Gasteiger partial charge in [0.25, 0.3) is 0 Å². The summed E-state index contributed by atoms with van der Waals surface area (Å²) in [6.07, 6.45) is 0. The Bertz CT molecular complexity index is 1050. The van der Waals surface area contributed by atoms with Crippen LogP contribution in [0, 0.1) is 6.92 Å². The van der Waals surface area contributed by atoms with Gasteiger partial charge in [-0.25, -0.2) is 0 Å².